The number of halogens is 2. The van der Waals surface area contributed by atoms with Crippen LogP contribution in [0.1, 0.15) is 0 Å². The fourth-order valence-corrected chi connectivity index (χ4v) is 2.08. The Hall–Kier alpha value is -1.26. The Balaban J connectivity index is 1.79. The summed E-state index contributed by atoms with van der Waals surface area (Å²) in [5, 5.41) is 0.565. The average molecular weight is 329 g/mol. The summed E-state index contributed by atoms with van der Waals surface area (Å²) in [6.45, 7) is 0.878. The van der Waals surface area contributed by atoms with Gasteiger partial charge in [0, 0.05) is 6.20 Å². The molecule has 0 N–H and O–H groups in total. The monoisotopic (exact) mass is 327 g/mol. The fraction of sp³-hybridized carbons (Fsp3) is 0.154. The van der Waals surface area contributed by atoms with Gasteiger partial charge in [-0.1, -0.05) is 29.8 Å². The highest BCUT2D eigenvalue weighted by Gasteiger charge is 2.03. The highest BCUT2D eigenvalue weighted by atomic mass is 79.9. The van der Waals surface area contributed by atoms with Crippen molar-refractivity contribution in [1.82, 2.24) is 4.98 Å². The van der Waals surface area contributed by atoms with Gasteiger partial charge in [0.2, 0.25) is 5.88 Å². The molecule has 0 unspecified atom stereocenters. The highest BCUT2D eigenvalue weighted by molar-refractivity contribution is 9.10. The van der Waals surface area contributed by atoms with Crippen molar-refractivity contribution in [1.29, 1.82) is 0 Å². The molecule has 0 radical (unpaired) electrons. The molecule has 1 aromatic carbocycles. The van der Waals surface area contributed by atoms with Gasteiger partial charge < -0.3 is 9.47 Å². The number of hydrogen-bond acceptors (Lipinski definition) is 3. The molecule has 0 fully saturated rings. The predicted octanol–water partition coefficient (Wildman–Crippen LogP) is 3.96. The molecule has 1 heterocycles. The van der Waals surface area contributed by atoms with Crippen molar-refractivity contribution in [3.8, 4) is 11.6 Å². The van der Waals surface area contributed by atoms with E-state index in [0.29, 0.717) is 24.1 Å². The van der Waals surface area contributed by atoms with Crippen molar-refractivity contribution in [3.05, 3.63) is 52.1 Å². The normalized spacial score (nSPS) is 10.1. The Morgan fingerprint density at radius 2 is 1.83 bits per heavy atom. The van der Waals surface area contributed by atoms with Gasteiger partial charge in [-0.25, -0.2) is 4.98 Å². The lowest BCUT2D eigenvalue weighted by atomic mass is 10.3. The highest BCUT2D eigenvalue weighted by Crippen LogP contribution is 2.24. The second-order valence-electron chi connectivity index (χ2n) is 3.45. The minimum atomic E-state index is 0.419. The SMILES string of the molecule is Clc1cnc(OCCOc2ccccc2)c(Br)c1. The molecular formula is C13H11BrClNO2. The van der Waals surface area contributed by atoms with E-state index in [1.54, 1.807) is 12.3 Å². The van der Waals surface area contributed by atoms with Crippen LogP contribution < -0.4 is 9.47 Å². The van der Waals surface area contributed by atoms with Crippen molar-refractivity contribution in [2.75, 3.05) is 13.2 Å². The molecule has 5 heteroatoms. The molecule has 0 aliphatic heterocycles. The van der Waals surface area contributed by atoms with E-state index in [1.165, 1.54) is 0 Å². The van der Waals surface area contributed by atoms with Crippen LogP contribution in [0.25, 0.3) is 0 Å². The molecule has 2 rings (SSSR count). The van der Waals surface area contributed by atoms with Gasteiger partial charge in [-0.3, -0.25) is 0 Å². The molecule has 0 amide bonds. The zero-order valence-corrected chi connectivity index (χ0v) is 11.8. The molecule has 0 aliphatic rings. The minimum Gasteiger partial charge on any atom is -0.490 e. The number of nitrogens with zero attached hydrogens (tertiary/aromatic N) is 1. The van der Waals surface area contributed by atoms with Crippen LogP contribution in [-0.2, 0) is 0 Å². The summed E-state index contributed by atoms with van der Waals surface area (Å²) in [5.41, 5.74) is 0. The number of pyridine rings is 1. The summed E-state index contributed by atoms with van der Waals surface area (Å²) in [7, 11) is 0. The van der Waals surface area contributed by atoms with E-state index < -0.39 is 0 Å². The van der Waals surface area contributed by atoms with E-state index >= 15 is 0 Å². The maximum atomic E-state index is 5.79. The van der Waals surface area contributed by atoms with Gasteiger partial charge in [-0.2, -0.15) is 0 Å². The molecule has 1 aromatic heterocycles. The van der Waals surface area contributed by atoms with Gasteiger partial charge in [0.15, 0.2) is 0 Å². The third kappa shape index (κ3) is 3.89. The first-order chi connectivity index (χ1) is 8.75. The van der Waals surface area contributed by atoms with Gasteiger partial charge >= 0.3 is 0 Å². The van der Waals surface area contributed by atoms with Gasteiger partial charge in [0.05, 0.1) is 9.50 Å². The molecule has 3 nitrogen and oxygen atoms in total. The second kappa shape index (κ2) is 6.61. The third-order valence-electron chi connectivity index (χ3n) is 2.11. The summed E-state index contributed by atoms with van der Waals surface area (Å²) in [5.74, 6) is 1.33. The van der Waals surface area contributed by atoms with Crippen molar-refractivity contribution < 1.29 is 9.47 Å². The van der Waals surface area contributed by atoms with Crippen LogP contribution in [0.4, 0.5) is 0 Å². The van der Waals surface area contributed by atoms with Gasteiger partial charge in [0.1, 0.15) is 19.0 Å². The van der Waals surface area contributed by atoms with E-state index in [4.69, 9.17) is 21.1 Å². The van der Waals surface area contributed by atoms with Crippen molar-refractivity contribution in [2.24, 2.45) is 0 Å². The Labute approximate surface area is 119 Å². The summed E-state index contributed by atoms with van der Waals surface area (Å²) in [6.07, 6.45) is 1.54. The summed E-state index contributed by atoms with van der Waals surface area (Å²) >= 11 is 9.12. The van der Waals surface area contributed by atoms with E-state index in [1.807, 2.05) is 30.3 Å². The first-order valence-corrected chi connectivity index (χ1v) is 6.54. The van der Waals surface area contributed by atoms with E-state index in [2.05, 4.69) is 20.9 Å². The second-order valence-corrected chi connectivity index (χ2v) is 4.74. The molecule has 0 saturated carbocycles. The zero-order chi connectivity index (χ0) is 12.8. The topological polar surface area (TPSA) is 31.4 Å². The molecule has 94 valence electrons. The number of ether oxygens (including phenoxy) is 2. The van der Waals surface area contributed by atoms with Gasteiger partial charge in [0.25, 0.3) is 0 Å². The van der Waals surface area contributed by atoms with Gasteiger partial charge in [-0.15, -0.1) is 0 Å². The lowest BCUT2D eigenvalue weighted by molar-refractivity contribution is 0.211. The lowest BCUT2D eigenvalue weighted by Crippen LogP contribution is -2.09. The van der Waals surface area contributed by atoms with Crippen LogP contribution in [0.3, 0.4) is 0 Å². The van der Waals surface area contributed by atoms with Crippen molar-refractivity contribution in [2.45, 2.75) is 0 Å². The van der Waals surface area contributed by atoms with Crippen LogP contribution >= 0.6 is 27.5 Å². The molecule has 0 spiro atoms. The zero-order valence-electron chi connectivity index (χ0n) is 9.48. The molecule has 0 aliphatic carbocycles. The molecular weight excluding hydrogens is 318 g/mol. The number of hydrogen-bond donors (Lipinski definition) is 0. The summed E-state index contributed by atoms with van der Waals surface area (Å²) < 4.78 is 11.7. The van der Waals surface area contributed by atoms with Crippen LogP contribution in [-0.4, -0.2) is 18.2 Å². The Morgan fingerprint density at radius 3 is 2.56 bits per heavy atom. The Morgan fingerprint density at radius 1 is 1.11 bits per heavy atom. The lowest BCUT2D eigenvalue weighted by Gasteiger charge is -2.08. The number of aromatic nitrogens is 1. The minimum absolute atomic E-state index is 0.419. The quantitative estimate of drug-likeness (QED) is 0.779. The molecule has 0 saturated heterocycles. The number of para-hydroxylation sites is 1. The van der Waals surface area contributed by atoms with Gasteiger partial charge in [-0.05, 0) is 34.1 Å². The summed E-state index contributed by atoms with van der Waals surface area (Å²) in [4.78, 5) is 4.07. The predicted molar refractivity (Wildman–Crippen MR) is 74.4 cm³/mol. The fourth-order valence-electron chi connectivity index (χ4n) is 1.32. The van der Waals surface area contributed by atoms with E-state index in [0.717, 1.165) is 10.2 Å². The maximum Gasteiger partial charge on any atom is 0.228 e. The largest absolute Gasteiger partial charge is 0.490 e. The van der Waals surface area contributed by atoms with Crippen molar-refractivity contribution >= 4 is 27.5 Å². The third-order valence-corrected chi connectivity index (χ3v) is 2.88. The molecule has 2 aromatic rings. The summed E-state index contributed by atoms with van der Waals surface area (Å²) in [6, 6.07) is 11.3. The van der Waals surface area contributed by atoms with E-state index in [-0.39, 0.29) is 0 Å². The first-order valence-electron chi connectivity index (χ1n) is 5.37. The Kier molecular flexibility index (Phi) is 4.84. The Bertz CT molecular complexity index is 508. The van der Waals surface area contributed by atoms with Crippen LogP contribution in [0.2, 0.25) is 5.02 Å². The molecule has 0 atom stereocenters. The van der Waals surface area contributed by atoms with Crippen molar-refractivity contribution in [3.63, 3.8) is 0 Å². The van der Waals surface area contributed by atoms with Crippen LogP contribution in [0.15, 0.2) is 47.1 Å². The standard InChI is InChI=1S/C13H11BrClNO2/c14-12-8-10(15)9-16-13(12)18-7-6-17-11-4-2-1-3-5-11/h1-5,8-9H,6-7H2. The van der Waals surface area contributed by atoms with Crippen LogP contribution in [0, 0.1) is 0 Å². The molecule has 0 bridgehead atoms. The van der Waals surface area contributed by atoms with Crippen LogP contribution in [0.5, 0.6) is 11.6 Å². The maximum absolute atomic E-state index is 5.79. The molecule has 18 heavy (non-hydrogen) atoms. The smallest absolute Gasteiger partial charge is 0.228 e. The first kappa shape index (κ1) is 13.2. The average Bonchev–Trinajstić information content (AvgIpc) is 2.38. The van der Waals surface area contributed by atoms with E-state index in [9.17, 15) is 0 Å². The number of rotatable bonds is 5. The number of benzene rings is 1.